The van der Waals surface area contributed by atoms with Gasteiger partial charge in [0, 0.05) is 39.2 Å². The van der Waals surface area contributed by atoms with Crippen LogP contribution in [-0.4, -0.2) is 51.3 Å². The molecule has 0 heterocycles. The molecule has 0 bridgehead atoms. The minimum absolute atomic E-state index is 0.0576. The average molecular weight is 272 g/mol. The van der Waals surface area contributed by atoms with Gasteiger partial charge >= 0.3 is 0 Å². The van der Waals surface area contributed by atoms with Crippen molar-refractivity contribution in [1.82, 2.24) is 16.0 Å². The number of hydrogen-bond acceptors (Lipinski definition) is 3. The average Bonchev–Trinajstić information content (AvgIpc) is 2.37. The van der Waals surface area contributed by atoms with Crippen LogP contribution in [0.25, 0.3) is 0 Å². The summed E-state index contributed by atoms with van der Waals surface area (Å²) in [6.45, 7) is 7.22. The smallest absolute Gasteiger partial charge is 0.221 e. The molecule has 0 rings (SSSR count). The number of nitrogens with zero attached hydrogens (tertiary/aromatic N) is 1. The van der Waals surface area contributed by atoms with Crippen LogP contribution in [0, 0.1) is 0 Å². The standard InChI is InChI=1S/C13H28N4O2/c1-6-10(2)16-12(18)7-8-15-13(14-4)17-11(3)9-19-5/h10-11H,6-9H2,1-5H3,(H,16,18)(H2,14,15,17). The van der Waals surface area contributed by atoms with Crippen LogP contribution in [0.1, 0.15) is 33.6 Å². The van der Waals surface area contributed by atoms with Gasteiger partial charge in [0.1, 0.15) is 0 Å². The highest BCUT2D eigenvalue weighted by Gasteiger charge is 2.07. The first kappa shape index (κ1) is 17.7. The second-order valence-electron chi connectivity index (χ2n) is 4.63. The molecule has 0 aliphatic rings. The molecule has 0 saturated carbocycles. The Bertz CT molecular complexity index is 282. The van der Waals surface area contributed by atoms with Gasteiger partial charge < -0.3 is 20.7 Å². The molecule has 6 nitrogen and oxygen atoms in total. The van der Waals surface area contributed by atoms with Crippen molar-refractivity contribution in [3.05, 3.63) is 0 Å². The number of hydrogen-bond donors (Lipinski definition) is 3. The molecule has 2 atom stereocenters. The van der Waals surface area contributed by atoms with E-state index in [1.807, 2.05) is 20.8 Å². The molecule has 0 spiro atoms. The maximum atomic E-state index is 11.6. The van der Waals surface area contributed by atoms with E-state index >= 15 is 0 Å². The zero-order chi connectivity index (χ0) is 14.7. The van der Waals surface area contributed by atoms with Crippen molar-refractivity contribution in [1.29, 1.82) is 0 Å². The lowest BCUT2D eigenvalue weighted by atomic mass is 10.2. The van der Waals surface area contributed by atoms with E-state index in [0.717, 1.165) is 6.42 Å². The summed E-state index contributed by atoms with van der Waals surface area (Å²) >= 11 is 0. The molecule has 0 radical (unpaired) electrons. The van der Waals surface area contributed by atoms with Gasteiger partial charge in [-0.25, -0.2) is 0 Å². The molecule has 3 N–H and O–H groups in total. The first-order valence-electron chi connectivity index (χ1n) is 6.78. The molecule has 112 valence electrons. The van der Waals surface area contributed by atoms with Gasteiger partial charge in [0.15, 0.2) is 5.96 Å². The van der Waals surface area contributed by atoms with E-state index in [2.05, 4.69) is 20.9 Å². The zero-order valence-corrected chi connectivity index (χ0v) is 12.7. The number of carbonyl (C=O) groups is 1. The first-order chi connectivity index (χ1) is 9.03. The summed E-state index contributed by atoms with van der Waals surface area (Å²) in [4.78, 5) is 15.7. The molecule has 0 fully saturated rings. The summed E-state index contributed by atoms with van der Waals surface area (Å²) in [6, 6.07) is 0.400. The number of guanidine groups is 1. The maximum absolute atomic E-state index is 11.6. The number of rotatable bonds is 8. The lowest BCUT2D eigenvalue weighted by Crippen LogP contribution is -2.45. The third-order valence-corrected chi connectivity index (χ3v) is 2.69. The Balaban J connectivity index is 3.87. The molecular formula is C13H28N4O2. The van der Waals surface area contributed by atoms with Crippen molar-refractivity contribution in [2.45, 2.75) is 45.7 Å². The third kappa shape index (κ3) is 9.30. The van der Waals surface area contributed by atoms with E-state index in [9.17, 15) is 4.79 Å². The van der Waals surface area contributed by atoms with Crippen LogP contribution in [0.15, 0.2) is 4.99 Å². The van der Waals surface area contributed by atoms with Gasteiger partial charge in [-0.15, -0.1) is 0 Å². The summed E-state index contributed by atoms with van der Waals surface area (Å²) in [5, 5.41) is 9.20. The largest absolute Gasteiger partial charge is 0.383 e. The normalized spacial score (nSPS) is 14.7. The summed E-state index contributed by atoms with van der Waals surface area (Å²) < 4.78 is 5.04. The topological polar surface area (TPSA) is 74.8 Å². The van der Waals surface area contributed by atoms with E-state index in [1.54, 1.807) is 14.2 Å². The molecule has 0 aliphatic heterocycles. The molecule has 0 aromatic rings. The molecule has 19 heavy (non-hydrogen) atoms. The highest BCUT2D eigenvalue weighted by Crippen LogP contribution is 1.89. The maximum Gasteiger partial charge on any atom is 0.221 e. The second-order valence-corrected chi connectivity index (χ2v) is 4.63. The quantitative estimate of drug-likeness (QED) is 0.444. The number of ether oxygens (including phenoxy) is 1. The van der Waals surface area contributed by atoms with E-state index in [4.69, 9.17) is 4.74 Å². The van der Waals surface area contributed by atoms with Crippen molar-refractivity contribution in [2.75, 3.05) is 27.3 Å². The number of nitrogens with one attached hydrogen (secondary N) is 3. The van der Waals surface area contributed by atoms with E-state index < -0.39 is 0 Å². The zero-order valence-electron chi connectivity index (χ0n) is 12.7. The lowest BCUT2D eigenvalue weighted by Gasteiger charge is -2.17. The molecule has 6 heteroatoms. The van der Waals surface area contributed by atoms with Gasteiger partial charge in [0.2, 0.25) is 5.91 Å². The number of amides is 1. The van der Waals surface area contributed by atoms with Gasteiger partial charge in [-0.1, -0.05) is 6.92 Å². The van der Waals surface area contributed by atoms with Crippen LogP contribution >= 0.6 is 0 Å². The number of aliphatic imine (C=N–C) groups is 1. The Morgan fingerprint density at radius 3 is 2.47 bits per heavy atom. The Morgan fingerprint density at radius 2 is 1.95 bits per heavy atom. The van der Waals surface area contributed by atoms with Crippen LogP contribution in [-0.2, 0) is 9.53 Å². The lowest BCUT2D eigenvalue weighted by molar-refractivity contribution is -0.121. The minimum Gasteiger partial charge on any atom is -0.383 e. The molecule has 1 amide bonds. The van der Waals surface area contributed by atoms with Crippen LogP contribution in [0.3, 0.4) is 0 Å². The highest BCUT2D eigenvalue weighted by molar-refractivity contribution is 5.81. The third-order valence-electron chi connectivity index (χ3n) is 2.69. The summed E-state index contributed by atoms with van der Waals surface area (Å²) in [7, 11) is 3.36. The monoisotopic (exact) mass is 272 g/mol. The molecule has 2 unspecified atom stereocenters. The van der Waals surface area contributed by atoms with Crippen LogP contribution in [0.4, 0.5) is 0 Å². The van der Waals surface area contributed by atoms with Crippen LogP contribution in [0.5, 0.6) is 0 Å². The number of methoxy groups -OCH3 is 1. The van der Waals surface area contributed by atoms with E-state index in [0.29, 0.717) is 25.5 Å². The highest BCUT2D eigenvalue weighted by atomic mass is 16.5. The van der Waals surface area contributed by atoms with Crippen molar-refractivity contribution in [3.63, 3.8) is 0 Å². The van der Waals surface area contributed by atoms with Crippen LogP contribution < -0.4 is 16.0 Å². The van der Waals surface area contributed by atoms with Gasteiger partial charge in [-0.2, -0.15) is 0 Å². The van der Waals surface area contributed by atoms with Gasteiger partial charge in [-0.05, 0) is 20.3 Å². The first-order valence-corrected chi connectivity index (χ1v) is 6.78. The fraction of sp³-hybridized carbons (Fsp3) is 0.846. The molecule has 0 aliphatic carbocycles. The van der Waals surface area contributed by atoms with E-state index in [-0.39, 0.29) is 18.0 Å². The van der Waals surface area contributed by atoms with Crippen molar-refractivity contribution >= 4 is 11.9 Å². The van der Waals surface area contributed by atoms with Gasteiger partial charge in [0.05, 0.1) is 6.61 Å². The predicted octanol–water partition coefficient (Wildman–Crippen LogP) is 0.491. The molecule has 0 saturated heterocycles. The van der Waals surface area contributed by atoms with Crippen LogP contribution in [0.2, 0.25) is 0 Å². The summed E-state index contributed by atoms with van der Waals surface area (Å²) in [6.07, 6.45) is 1.38. The summed E-state index contributed by atoms with van der Waals surface area (Å²) in [5.41, 5.74) is 0. The Kier molecular flexibility index (Phi) is 9.88. The minimum atomic E-state index is 0.0576. The fourth-order valence-electron chi connectivity index (χ4n) is 1.46. The van der Waals surface area contributed by atoms with Crippen molar-refractivity contribution in [3.8, 4) is 0 Å². The van der Waals surface area contributed by atoms with Crippen molar-refractivity contribution in [2.24, 2.45) is 4.99 Å². The summed E-state index contributed by atoms with van der Waals surface area (Å²) in [5.74, 6) is 0.739. The number of carbonyl (C=O) groups excluding carboxylic acids is 1. The Labute approximate surface area is 116 Å². The second kappa shape index (κ2) is 10.6. The Hall–Kier alpha value is -1.30. The van der Waals surface area contributed by atoms with Gasteiger partial charge in [0.25, 0.3) is 0 Å². The Morgan fingerprint density at radius 1 is 1.26 bits per heavy atom. The molecule has 0 aromatic carbocycles. The van der Waals surface area contributed by atoms with E-state index in [1.165, 1.54) is 0 Å². The predicted molar refractivity (Wildman–Crippen MR) is 78.3 cm³/mol. The molecule has 0 aromatic heterocycles. The fourth-order valence-corrected chi connectivity index (χ4v) is 1.46. The molecular weight excluding hydrogens is 244 g/mol. The van der Waals surface area contributed by atoms with Gasteiger partial charge in [-0.3, -0.25) is 9.79 Å². The SMILES string of the molecule is CCC(C)NC(=O)CCNC(=NC)NC(C)COC. The van der Waals surface area contributed by atoms with Crippen molar-refractivity contribution < 1.29 is 9.53 Å².